The molecule has 5 rings (SSSR count). The van der Waals surface area contributed by atoms with Gasteiger partial charge in [-0.15, -0.1) is 0 Å². The zero-order chi connectivity index (χ0) is 29.4. The zero-order valence-electron chi connectivity index (χ0n) is 23.8. The molecular weight excluding hydrogens is 582 g/mol. The van der Waals surface area contributed by atoms with E-state index in [1.54, 1.807) is 18.2 Å². The lowest BCUT2D eigenvalue weighted by Crippen LogP contribution is -2.57. The summed E-state index contributed by atoms with van der Waals surface area (Å²) in [4.78, 5) is 41.4. The van der Waals surface area contributed by atoms with Gasteiger partial charge in [-0.3, -0.25) is 9.59 Å². The molecular formula is C28H34BrN5O6. The number of esters is 1. The van der Waals surface area contributed by atoms with Crippen molar-refractivity contribution in [2.24, 2.45) is 16.8 Å². The fourth-order valence-electron chi connectivity index (χ4n) is 5.95. The van der Waals surface area contributed by atoms with E-state index in [0.29, 0.717) is 17.1 Å². The highest BCUT2D eigenvalue weighted by Crippen LogP contribution is 2.60. The van der Waals surface area contributed by atoms with Gasteiger partial charge < -0.3 is 30.0 Å². The summed E-state index contributed by atoms with van der Waals surface area (Å²) >= 11 is 3.44. The molecule has 1 aliphatic carbocycles. The number of carbonyl (C=O) groups excluding carboxylic acids is 2. The van der Waals surface area contributed by atoms with E-state index < -0.39 is 45.9 Å². The average Bonchev–Trinajstić information content (AvgIpc) is 3.09. The van der Waals surface area contributed by atoms with Crippen LogP contribution >= 0.6 is 15.9 Å². The van der Waals surface area contributed by atoms with E-state index in [2.05, 4.69) is 36.5 Å². The van der Waals surface area contributed by atoms with E-state index in [0.717, 1.165) is 4.47 Å². The Morgan fingerprint density at radius 2 is 1.80 bits per heavy atom. The van der Waals surface area contributed by atoms with Crippen LogP contribution in [0.5, 0.6) is 11.9 Å². The van der Waals surface area contributed by atoms with Crippen LogP contribution in [-0.2, 0) is 19.7 Å². The molecule has 3 N–H and O–H groups in total. The third-order valence-electron chi connectivity index (χ3n) is 7.31. The number of benzene rings is 1. The molecule has 0 unspecified atom stereocenters. The molecule has 1 aromatic carbocycles. The molecule has 214 valence electrons. The first-order chi connectivity index (χ1) is 18.5. The number of nitrogens with one attached hydrogen (secondary N) is 2. The van der Waals surface area contributed by atoms with Crippen molar-refractivity contribution in [2.45, 2.75) is 70.7 Å². The van der Waals surface area contributed by atoms with Crippen LogP contribution in [0.4, 0.5) is 17.2 Å². The SMILES string of the molecule is COC(=O)[C@H]1[C@@H]2CNc3nc(OC(C)(C)C)nc(OC(C)(C)C)c3N=C2[C@@](C)(O)[C@@]12C(=O)Nc1cc(Br)ccc12. The number of rotatable bonds is 3. The molecule has 11 nitrogen and oxygen atoms in total. The molecule has 2 aromatic rings. The molecule has 0 saturated heterocycles. The van der Waals surface area contributed by atoms with E-state index in [-0.39, 0.29) is 29.8 Å². The van der Waals surface area contributed by atoms with E-state index in [1.165, 1.54) is 14.0 Å². The molecule has 4 atom stereocenters. The maximum absolute atomic E-state index is 13.9. The van der Waals surface area contributed by atoms with Gasteiger partial charge >= 0.3 is 12.0 Å². The van der Waals surface area contributed by atoms with Gasteiger partial charge in [-0.2, -0.15) is 9.97 Å². The zero-order valence-corrected chi connectivity index (χ0v) is 25.4. The number of amides is 1. The smallest absolute Gasteiger partial charge is 0.322 e. The van der Waals surface area contributed by atoms with Gasteiger partial charge in [-0.25, -0.2) is 4.99 Å². The number of ether oxygens (including phenoxy) is 3. The molecule has 1 spiro atoms. The molecule has 12 heteroatoms. The lowest BCUT2D eigenvalue weighted by molar-refractivity contribution is -0.154. The monoisotopic (exact) mass is 615 g/mol. The van der Waals surface area contributed by atoms with Crippen LogP contribution in [-0.4, -0.2) is 63.1 Å². The molecule has 1 saturated carbocycles. The Morgan fingerprint density at radius 3 is 2.42 bits per heavy atom. The summed E-state index contributed by atoms with van der Waals surface area (Å²) in [6.45, 7) is 12.9. The predicted molar refractivity (Wildman–Crippen MR) is 152 cm³/mol. The highest BCUT2D eigenvalue weighted by atomic mass is 79.9. The van der Waals surface area contributed by atoms with Gasteiger partial charge in [0, 0.05) is 22.6 Å². The summed E-state index contributed by atoms with van der Waals surface area (Å²) in [6, 6.07) is 5.35. The van der Waals surface area contributed by atoms with Crippen LogP contribution in [0.1, 0.15) is 54.0 Å². The number of hydrogen-bond acceptors (Lipinski definition) is 10. The number of aliphatic imine (C=N–C) groups is 1. The van der Waals surface area contributed by atoms with Gasteiger partial charge in [0.05, 0.1) is 18.7 Å². The number of fused-ring (bicyclic) bond motifs is 4. The molecule has 1 fully saturated rings. The predicted octanol–water partition coefficient (Wildman–Crippen LogP) is 4.15. The van der Waals surface area contributed by atoms with Crippen LogP contribution in [0.2, 0.25) is 0 Å². The quantitative estimate of drug-likeness (QED) is 0.433. The molecule has 3 aliphatic rings. The lowest BCUT2D eigenvalue weighted by Gasteiger charge is -2.37. The topological polar surface area (TPSA) is 144 Å². The first-order valence-corrected chi connectivity index (χ1v) is 13.8. The fraction of sp³-hybridized carbons (Fsp3) is 0.536. The van der Waals surface area contributed by atoms with Gasteiger partial charge in [-0.05, 0) is 66.2 Å². The standard InChI is InChI=1S/C28H34BrN5O6/c1-25(2,3)39-21-18-20(33-24(34-21)40-26(4,5)6)30-12-14-17(22(35)38-8)28(27(7,37)19(14)32-18)15-10-9-13(29)11-16(15)31-23(28)36/h9-11,14,17,37H,12H2,1-8H3,(H,31,36)(H,30,33,34)/t14-,17+,27+,28+/m0/s1. The Labute approximate surface area is 241 Å². The lowest BCUT2D eigenvalue weighted by atomic mass is 9.65. The molecule has 1 amide bonds. The van der Waals surface area contributed by atoms with Crippen molar-refractivity contribution in [3.63, 3.8) is 0 Å². The minimum absolute atomic E-state index is 0.0904. The molecule has 3 heterocycles. The molecule has 0 bridgehead atoms. The van der Waals surface area contributed by atoms with Crippen LogP contribution in [0.25, 0.3) is 0 Å². The van der Waals surface area contributed by atoms with E-state index in [9.17, 15) is 14.7 Å². The van der Waals surface area contributed by atoms with Gasteiger partial charge in [-0.1, -0.05) is 22.0 Å². The minimum Gasteiger partial charge on any atom is -0.470 e. The fourth-order valence-corrected chi connectivity index (χ4v) is 6.31. The first kappa shape index (κ1) is 28.3. The van der Waals surface area contributed by atoms with Crippen molar-refractivity contribution < 1.29 is 28.9 Å². The summed E-state index contributed by atoms with van der Waals surface area (Å²) in [5, 5.41) is 18.5. The Morgan fingerprint density at radius 1 is 1.12 bits per heavy atom. The highest BCUT2D eigenvalue weighted by Gasteiger charge is 2.74. The van der Waals surface area contributed by atoms with Gasteiger partial charge in [0.1, 0.15) is 22.2 Å². The first-order valence-electron chi connectivity index (χ1n) is 13.0. The molecule has 1 aromatic heterocycles. The summed E-state index contributed by atoms with van der Waals surface area (Å²) < 4.78 is 18.1. The van der Waals surface area contributed by atoms with Crippen molar-refractivity contribution in [1.82, 2.24) is 9.97 Å². The van der Waals surface area contributed by atoms with Crippen molar-refractivity contribution in [1.29, 1.82) is 0 Å². The van der Waals surface area contributed by atoms with Crippen molar-refractivity contribution >= 4 is 50.7 Å². The summed E-state index contributed by atoms with van der Waals surface area (Å²) in [5.41, 5.74) is -3.36. The molecule has 2 aliphatic heterocycles. The Balaban J connectivity index is 1.76. The van der Waals surface area contributed by atoms with Crippen LogP contribution < -0.4 is 20.1 Å². The normalized spacial score (nSPS) is 27.1. The highest BCUT2D eigenvalue weighted by molar-refractivity contribution is 9.10. The summed E-state index contributed by atoms with van der Waals surface area (Å²) in [6.07, 6.45) is 0. The molecule has 0 radical (unpaired) electrons. The van der Waals surface area contributed by atoms with Crippen LogP contribution in [0.15, 0.2) is 27.7 Å². The van der Waals surface area contributed by atoms with Crippen LogP contribution in [0.3, 0.4) is 0 Å². The van der Waals surface area contributed by atoms with E-state index in [1.807, 2.05) is 41.5 Å². The third kappa shape index (κ3) is 4.32. The number of aliphatic hydroxyl groups is 1. The second kappa shape index (κ2) is 9.13. The Hall–Kier alpha value is -3.25. The number of methoxy groups -OCH3 is 1. The number of carbonyl (C=O) groups is 2. The average molecular weight is 617 g/mol. The molecule has 40 heavy (non-hydrogen) atoms. The maximum atomic E-state index is 13.9. The third-order valence-corrected chi connectivity index (χ3v) is 7.80. The van der Waals surface area contributed by atoms with E-state index in [4.69, 9.17) is 19.2 Å². The number of halogens is 1. The summed E-state index contributed by atoms with van der Waals surface area (Å²) in [5.74, 6) is -2.50. The second-order valence-corrected chi connectivity index (χ2v) is 13.4. The number of anilines is 2. The van der Waals surface area contributed by atoms with Crippen molar-refractivity contribution in [3.8, 4) is 11.9 Å². The Bertz CT molecular complexity index is 1440. The number of hydrogen-bond donors (Lipinski definition) is 3. The van der Waals surface area contributed by atoms with E-state index >= 15 is 0 Å². The van der Waals surface area contributed by atoms with Crippen molar-refractivity contribution in [2.75, 3.05) is 24.3 Å². The minimum atomic E-state index is -1.90. The van der Waals surface area contributed by atoms with Crippen molar-refractivity contribution in [3.05, 3.63) is 28.2 Å². The number of aromatic nitrogens is 2. The largest absolute Gasteiger partial charge is 0.470 e. The van der Waals surface area contributed by atoms with Crippen LogP contribution in [0, 0.1) is 11.8 Å². The maximum Gasteiger partial charge on any atom is 0.322 e. The second-order valence-electron chi connectivity index (χ2n) is 12.4. The summed E-state index contributed by atoms with van der Waals surface area (Å²) in [7, 11) is 1.27. The number of nitrogens with zero attached hydrogens (tertiary/aromatic N) is 3. The van der Waals surface area contributed by atoms with Gasteiger partial charge in [0.2, 0.25) is 11.8 Å². The van der Waals surface area contributed by atoms with Gasteiger partial charge in [0.25, 0.3) is 0 Å². The van der Waals surface area contributed by atoms with Gasteiger partial charge in [0.15, 0.2) is 11.5 Å². The Kier molecular flexibility index (Phi) is 6.46.